The summed E-state index contributed by atoms with van der Waals surface area (Å²) in [6, 6.07) is 3.71. The smallest absolute Gasteiger partial charge is 0.250 e. The molecule has 20 heavy (non-hydrogen) atoms. The first-order valence-corrected chi connectivity index (χ1v) is 7.02. The molecule has 1 aromatic rings. The van der Waals surface area contributed by atoms with Crippen molar-refractivity contribution < 1.29 is 14.3 Å². The number of carbonyl (C=O) groups is 1. The summed E-state index contributed by atoms with van der Waals surface area (Å²) in [5.41, 5.74) is 1.80. The summed E-state index contributed by atoms with van der Waals surface area (Å²) in [6.45, 7) is 8.38. The molecule has 0 saturated carbocycles. The van der Waals surface area contributed by atoms with E-state index in [4.69, 9.17) is 9.47 Å². The third-order valence-electron chi connectivity index (χ3n) is 3.75. The first-order valence-electron chi connectivity index (χ1n) is 7.02. The molecule has 1 amide bonds. The van der Waals surface area contributed by atoms with Crippen LogP contribution in [0.5, 0.6) is 11.5 Å². The van der Waals surface area contributed by atoms with Gasteiger partial charge in [-0.25, -0.2) is 0 Å². The maximum absolute atomic E-state index is 12.7. The van der Waals surface area contributed by atoms with E-state index < -0.39 is 0 Å². The standard InChI is InChI=1S/C15H20N2O3/c1-8(2)14-15(18)17(9(3)4)11-6-13-12(19-7-20-13)5-10(11)16-14/h5-6,8-9,14,16H,7H2,1-4H3. The van der Waals surface area contributed by atoms with Crippen molar-refractivity contribution in [1.82, 2.24) is 0 Å². The number of nitrogens with zero attached hydrogens (tertiary/aromatic N) is 1. The maximum Gasteiger partial charge on any atom is 0.250 e. The summed E-state index contributed by atoms with van der Waals surface area (Å²) >= 11 is 0. The van der Waals surface area contributed by atoms with Crippen LogP contribution in [0.1, 0.15) is 27.7 Å². The molecular formula is C15H20N2O3. The van der Waals surface area contributed by atoms with Gasteiger partial charge in [0.2, 0.25) is 12.7 Å². The van der Waals surface area contributed by atoms with E-state index in [1.54, 1.807) is 0 Å². The van der Waals surface area contributed by atoms with Gasteiger partial charge in [-0.2, -0.15) is 0 Å². The summed E-state index contributed by atoms with van der Waals surface area (Å²) < 4.78 is 10.8. The van der Waals surface area contributed by atoms with Crippen LogP contribution in [0.25, 0.3) is 0 Å². The zero-order valence-corrected chi connectivity index (χ0v) is 12.3. The molecule has 5 nitrogen and oxygen atoms in total. The molecule has 1 aromatic carbocycles. The number of hydrogen-bond acceptors (Lipinski definition) is 4. The van der Waals surface area contributed by atoms with Gasteiger partial charge < -0.3 is 19.7 Å². The molecular weight excluding hydrogens is 256 g/mol. The molecule has 0 saturated heterocycles. The van der Waals surface area contributed by atoms with Crippen molar-refractivity contribution in [2.75, 3.05) is 17.0 Å². The number of anilines is 2. The van der Waals surface area contributed by atoms with Gasteiger partial charge >= 0.3 is 0 Å². The van der Waals surface area contributed by atoms with E-state index in [0.717, 1.165) is 17.1 Å². The predicted octanol–water partition coefficient (Wildman–Crippen LogP) is 2.61. The summed E-state index contributed by atoms with van der Waals surface area (Å²) in [5.74, 6) is 1.77. The second-order valence-corrected chi connectivity index (χ2v) is 5.89. The minimum absolute atomic E-state index is 0.102. The van der Waals surface area contributed by atoms with E-state index in [-0.39, 0.29) is 30.7 Å². The largest absolute Gasteiger partial charge is 0.454 e. The van der Waals surface area contributed by atoms with E-state index in [9.17, 15) is 4.79 Å². The SMILES string of the molecule is CC(C)C1Nc2cc3c(cc2N(C(C)C)C1=O)OCO3. The quantitative estimate of drug-likeness (QED) is 0.902. The van der Waals surface area contributed by atoms with Crippen LogP contribution < -0.4 is 19.7 Å². The van der Waals surface area contributed by atoms with E-state index >= 15 is 0 Å². The molecule has 0 radical (unpaired) electrons. The number of ether oxygens (including phenoxy) is 2. The Morgan fingerprint density at radius 3 is 2.45 bits per heavy atom. The minimum atomic E-state index is -0.203. The van der Waals surface area contributed by atoms with Gasteiger partial charge in [-0.05, 0) is 19.8 Å². The number of benzene rings is 1. The molecule has 1 unspecified atom stereocenters. The third-order valence-corrected chi connectivity index (χ3v) is 3.75. The molecule has 1 N–H and O–H groups in total. The lowest BCUT2D eigenvalue weighted by Crippen LogP contribution is -2.52. The average Bonchev–Trinajstić information content (AvgIpc) is 2.81. The van der Waals surface area contributed by atoms with Crippen molar-refractivity contribution in [1.29, 1.82) is 0 Å². The van der Waals surface area contributed by atoms with Crippen LogP contribution in [-0.4, -0.2) is 24.8 Å². The average molecular weight is 276 g/mol. The third kappa shape index (κ3) is 1.88. The topological polar surface area (TPSA) is 50.8 Å². The molecule has 0 spiro atoms. The van der Waals surface area contributed by atoms with Crippen LogP contribution in [0, 0.1) is 5.92 Å². The maximum atomic E-state index is 12.7. The lowest BCUT2D eigenvalue weighted by atomic mass is 9.97. The molecule has 0 fully saturated rings. The number of hydrogen-bond donors (Lipinski definition) is 1. The van der Waals surface area contributed by atoms with Crippen molar-refractivity contribution in [2.45, 2.75) is 39.8 Å². The molecule has 5 heteroatoms. The molecule has 0 aromatic heterocycles. The molecule has 2 heterocycles. The molecule has 2 aliphatic heterocycles. The summed E-state index contributed by atoms with van der Waals surface area (Å²) in [5, 5.41) is 3.33. The van der Waals surface area contributed by atoms with E-state index in [2.05, 4.69) is 5.32 Å². The number of fused-ring (bicyclic) bond motifs is 2. The Balaban J connectivity index is 2.10. The van der Waals surface area contributed by atoms with Gasteiger partial charge in [-0.3, -0.25) is 4.79 Å². The molecule has 0 aliphatic carbocycles. The van der Waals surface area contributed by atoms with Crippen molar-refractivity contribution >= 4 is 17.3 Å². The first kappa shape index (κ1) is 13.1. The second-order valence-electron chi connectivity index (χ2n) is 5.89. The Bertz CT molecular complexity index is 554. The second kappa shape index (κ2) is 4.58. The minimum Gasteiger partial charge on any atom is -0.454 e. The molecule has 3 rings (SSSR count). The zero-order chi connectivity index (χ0) is 14.4. The van der Waals surface area contributed by atoms with Crippen molar-refractivity contribution in [3.8, 4) is 11.5 Å². The zero-order valence-electron chi connectivity index (χ0n) is 12.3. The van der Waals surface area contributed by atoms with Crippen LogP contribution >= 0.6 is 0 Å². The lowest BCUT2D eigenvalue weighted by Gasteiger charge is -2.39. The fraction of sp³-hybridized carbons (Fsp3) is 0.533. The number of rotatable bonds is 2. The fourth-order valence-electron chi connectivity index (χ4n) is 2.73. The molecule has 1 atom stereocenters. The van der Waals surface area contributed by atoms with E-state index in [1.165, 1.54) is 0 Å². The van der Waals surface area contributed by atoms with Crippen LogP contribution in [0.4, 0.5) is 11.4 Å². The normalized spacial score (nSPS) is 20.4. The van der Waals surface area contributed by atoms with Gasteiger partial charge in [-0.15, -0.1) is 0 Å². The predicted molar refractivity (Wildman–Crippen MR) is 77.4 cm³/mol. The van der Waals surface area contributed by atoms with E-state index in [1.807, 2.05) is 44.7 Å². The van der Waals surface area contributed by atoms with Crippen LogP contribution in [0.2, 0.25) is 0 Å². The highest BCUT2D eigenvalue weighted by Crippen LogP contribution is 2.44. The van der Waals surface area contributed by atoms with Crippen LogP contribution in [-0.2, 0) is 4.79 Å². The number of carbonyl (C=O) groups excluding carboxylic acids is 1. The van der Waals surface area contributed by atoms with Crippen molar-refractivity contribution in [2.24, 2.45) is 5.92 Å². The monoisotopic (exact) mass is 276 g/mol. The number of nitrogens with one attached hydrogen (secondary N) is 1. The van der Waals surface area contributed by atoms with Crippen LogP contribution in [0.3, 0.4) is 0 Å². The fourth-order valence-corrected chi connectivity index (χ4v) is 2.73. The summed E-state index contributed by atoms with van der Waals surface area (Å²) in [6.07, 6.45) is 0. The Hall–Kier alpha value is -1.91. The first-order chi connectivity index (χ1) is 9.49. The van der Waals surface area contributed by atoms with Crippen LogP contribution in [0.15, 0.2) is 12.1 Å². The lowest BCUT2D eigenvalue weighted by molar-refractivity contribution is -0.120. The summed E-state index contributed by atoms with van der Waals surface area (Å²) in [7, 11) is 0. The summed E-state index contributed by atoms with van der Waals surface area (Å²) in [4.78, 5) is 14.5. The van der Waals surface area contributed by atoms with Crippen molar-refractivity contribution in [3.63, 3.8) is 0 Å². The van der Waals surface area contributed by atoms with Gasteiger partial charge in [0.1, 0.15) is 6.04 Å². The Morgan fingerprint density at radius 1 is 1.20 bits per heavy atom. The number of amides is 1. The molecule has 0 bridgehead atoms. The van der Waals surface area contributed by atoms with Gasteiger partial charge in [-0.1, -0.05) is 13.8 Å². The van der Waals surface area contributed by atoms with Gasteiger partial charge in [0.05, 0.1) is 11.4 Å². The highest BCUT2D eigenvalue weighted by atomic mass is 16.7. The Morgan fingerprint density at radius 2 is 1.85 bits per heavy atom. The highest BCUT2D eigenvalue weighted by molar-refractivity contribution is 6.06. The Kier molecular flexibility index (Phi) is 3.00. The van der Waals surface area contributed by atoms with E-state index in [0.29, 0.717) is 5.75 Å². The van der Waals surface area contributed by atoms with Crippen molar-refractivity contribution in [3.05, 3.63) is 12.1 Å². The van der Waals surface area contributed by atoms with Gasteiger partial charge in [0.25, 0.3) is 0 Å². The van der Waals surface area contributed by atoms with Gasteiger partial charge in [0, 0.05) is 18.2 Å². The Labute approximate surface area is 118 Å². The molecule has 2 aliphatic rings. The highest BCUT2D eigenvalue weighted by Gasteiger charge is 2.37. The molecule has 108 valence electrons. The van der Waals surface area contributed by atoms with Gasteiger partial charge in [0.15, 0.2) is 11.5 Å².